The first-order chi connectivity index (χ1) is 8.16. The molecule has 0 bridgehead atoms. The van der Waals surface area contributed by atoms with Crippen LogP contribution in [-0.2, 0) is 4.79 Å². The van der Waals surface area contributed by atoms with Gasteiger partial charge in [0.2, 0.25) is 0 Å². The van der Waals surface area contributed by atoms with Gasteiger partial charge in [0.1, 0.15) is 5.82 Å². The lowest BCUT2D eigenvalue weighted by atomic mass is 10.1. The highest BCUT2D eigenvalue weighted by molar-refractivity contribution is 7.10. The number of hydrogen-bond donors (Lipinski definition) is 0. The minimum atomic E-state index is -1.27. The SMILES string of the molecule is O=C([O-])/C(=C/c1cccs1)c1ccc(F)cc1. The number of rotatable bonds is 3. The second-order valence-corrected chi connectivity index (χ2v) is 4.35. The van der Waals surface area contributed by atoms with Gasteiger partial charge in [0.05, 0.1) is 5.97 Å². The van der Waals surface area contributed by atoms with E-state index in [0.717, 1.165) is 4.88 Å². The highest BCUT2D eigenvalue weighted by Gasteiger charge is 2.04. The Morgan fingerprint density at radius 2 is 1.94 bits per heavy atom. The number of carboxylic acid groups (broad SMARTS) is 1. The van der Waals surface area contributed by atoms with Crippen molar-refractivity contribution in [2.75, 3.05) is 0 Å². The van der Waals surface area contributed by atoms with Gasteiger partial charge < -0.3 is 9.90 Å². The van der Waals surface area contributed by atoms with Gasteiger partial charge in [-0.15, -0.1) is 11.3 Å². The van der Waals surface area contributed by atoms with Crippen LogP contribution in [-0.4, -0.2) is 5.97 Å². The summed E-state index contributed by atoms with van der Waals surface area (Å²) in [5.41, 5.74) is 0.479. The second kappa shape index (κ2) is 4.93. The zero-order chi connectivity index (χ0) is 12.3. The fourth-order valence-corrected chi connectivity index (χ4v) is 2.06. The van der Waals surface area contributed by atoms with E-state index in [2.05, 4.69) is 0 Å². The van der Waals surface area contributed by atoms with E-state index in [9.17, 15) is 14.3 Å². The van der Waals surface area contributed by atoms with E-state index in [1.807, 2.05) is 11.4 Å². The van der Waals surface area contributed by atoms with Crippen molar-refractivity contribution < 1.29 is 14.3 Å². The van der Waals surface area contributed by atoms with Crippen LogP contribution < -0.4 is 5.11 Å². The summed E-state index contributed by atoms with van der Waals surface area (Å²) < 4.78 is 12.7. The first kappa shape index (κ1) is 11.5. The van der Waals surface area contributed by atoms with Crippen molar-refractivity contribution in [1.82, 2.24) is 0 Å². The number of aliphatic carboxylic acids is 1. The third kappa shape index (κ3) is 2.79. The maximum Gasteiger partial charge on any atom is 0.123 e. The Hall–Kier alpha value is -1.94. The summed E-state index contributed by atoms with van der Waals surface area (Å²) in [5.74, 6) is -1.67. The van der Waals surface area contributed by atoms with Crippen molar-refractivity contribution in [3.63, 3.8) is 0 Å². The van der Waals surface area contributed by atoms with E-state index in [1.165, 1.54) is 41.7 Å². The van der Waals surface area contributed by atoms with Crippen molar-refractivity contribution >= 4 is 29.0 Å². The zero-order valence-electron chi connectivity index (χ0n) is 8.72. The lowest BCUT2D eigenvalue weighted by Crippen LogP contribution is -2.23. The number of benzene rings is 1. The Kier molecular flexibility index (Phi) is 3.35. The molecule has 0 radical (unpaired) electrons. The minimum Gasteiger partial charge on any atom is -0.545 e. The van der Waals surface area contributed by atoms with Crippen molar-refractivity contribution in [2.24, 2.45) is 0 Å². The number of carboxylic acids is 1. The summed E-state index contributed by atoms with van der Waals surface area (Å²) in [5, 5.41) is 12.9. The van der Waals surface area contributed by atoms with E-state index in [0.29, 0.717) is 5.56 Å². The maximum absolute atomic E-state index is 12.7. The smallest absolute Gasteiger partial charge is 0.123 e. The molecular formula is C13H8FO2S-. The van der Waals surface area contributed by atoms with Gasteiger partial charge in [-0.2, -0.15) is 0 Å². The van der Waals surface area contributed by atoms with E-state index < -0.39 is 11.8 Å². The van der Waals surface area contributed by atoms with Crippen LogP contribution in [0.15, 0.2) is 41.8 Å². The molecule has 2 aromatic rings. The molecule has 0 saturated carbocycles. The standard InChI is InChI=1S/C13H9FO2S/c14-10-5-3-9(4-6-10)12(13(15)16)8-11-2-1-7-17-11/h1-8H,(H,15,16)/p-1/b12-8+. The summed E-state index contributed by atoms with van der Waals surface area (Å²) in [4.78, 5) is 11.9. The van der Waals surface area contributed by atoms with E-state index in [-0.39, 0.29) is 5.57 Å². The minimum absolute atomic E-state index is 0.0486. The van der Waals surface area contributed by atoms with Gasteiger partial charge in [-0.25, -0.2) is 4.39 Å². The first-order valence-corrected chi connectivity index (χ1v) is 5.77. The van der Waals surface area contributed by atoms with Crippen LogP contribution in [0.1, 0.15) is 10.4 Å². The molecule has 0 atom stereocenters. The molecule has 0 fully saturated rings. The average molecular weight is 247 g/mol. The van der Waals surface area contributed by atoms with Gasteiger partial charge >= 0.3 is 0 Å². The van der Waals surface area contributed by atoms with Crippen LogP contribution in [0.2, 0.25) is 0 Å². The van der Waals surface area contributed by atoms with Crippen molar-refractivity contribution in [3.8, 4) is 0 Å². The van der Waals surface area contributed by atoms with E-state index >= 15 is 0 Å². The molecule has 2 rings (SSSR count). The predicted molar refractivity (Wildman–Crippen MR) is 63.6 cm³/mol. The van der Waals surface area contributed by atoms with Crippen molar-refractivity contribution in [3.05, 3.63) is 58.0 Å². The predicted octanol–water partition coefficient (Wildman–Crippen LogP) is 2.18. The molecule has 1 heterocycles. The molecule has 0 N–H and O–H groups in total. The van der Waals surface area contributed by atoms with Crippen molar-refractivity contribution in [2.45, 2.75) is 0 Å². The summed E-state index contributed by atoms with van der Waals surface area (Å²) in [6.07, 6.45) is 1.52. The molecule has 0 spiro atoms. The summed E-state index contributed by atoms with van der Waals surface area (Å²) in [7, 11) is 0. The molecule has 86 valence electrons. The topological polar surface area (TPSA) is 40.1 Å². The van der Waals surface area contributed by atoms with Gasteiger partial charge in [-0.3, -0.25) is 0 Å². The normalized spacial score (nSPS) is 11.5. The molecule has 0 amide bonds. The maximum atomic E-state index is 12.7. The zero-order valence-corrected chi connectivity index (χ0v) is 9.54. The Morgan fingerprint density at radius 3 is 2.47 bits per heavy atom. The molecule has 4 heteroatoms. The molecule has 0 aliphatic heterocycles. The van der Waals surface area contributed by atoms with E-state index in [4.69, 9.17) is 0 Å². The average Bonchev–Trinajstić information content (AvgIpc) is 2.80. The van der Waals surface area contributed by atoms with Gasteiger partial charge in [0.25, 0.3) is 0 Å². The number of halogens is 1. The quantitative estimate of drug-likeness (QED) is 0.780. The van der Waals surface area contributed by atoms with Gasteiger partial charge in [0, 0.05) is 10.5 Å². The van der Waals surface area contributed by atoms with Crippen LogP contribution in [0.4, 0.5) is 4.39 Å². The third-order valence-electron chi connectivity index (χ3n) is 2.20. The highest BCUT2D eigenvalue weighted by Crippen LogP contribution is 2.20. The first-order valence-electron chi connectivity index (χ1n) is 4.89. The highest BCUT2D eigenvalue weighted by atomic mass is 32.1. The molecule has 2 nitrogen and oxygen atoms in total. The third-order valence-corrected chi connectivity index (χ3v) is 3.02. The lowest BCUT2D eigenvalue weighted by Gasteiger charge is -2.08. The molecule has 0 saturated heterocycles. The molecule has 1 aromatic carbocycles. The summed E-state index contributed by atoms with van der Waals surface area (Å²) in [6, 6.07) is 8.92. The van der Waals surface area contributed by atoms with Gasteiger partial charge in [0.15, 0.2) is 0 Å². The molecule has 0 aliphatic carbocycles. The van der Waals surface area contributed by atoms with E-state index in [1.54, 1.807) is 6.07 Å². The van der Waals surface area contributed by atoms with Gasteiger partial charge in [-0.1, -0.05) is 18.2 Å². The number of hydrogen-bond acceptors (Lipinski definition) is 3. The van der Waals surface area contributed by atoms with Crippen molar-refractivity contribution in [1.29, 1.82) is 0 Å². The van der Waals surface area contributed by atoms with Crippen LogP contribution >= 0.6 is 11.3 Å². The molecule has 0 aliphatic rings. The molecule has 1 aromatic heterocycles. The Labute approximate surface area is 102 Å². The number of carbonyl (C=O) groups excluding carboxylic acids is 1. The van der Waals surface area contributed by atoms with Gasteiger partial charge in [-0.05, 0) is 35.2 Å². The molecule has 0 unspecified atom stereocenters. The largest absolute Gasteiger partial charge is 0.545 e. The number of thiophene rings is 1. The van der Waals surface area contributed by atoms with Crippen LogP contribution in [0, 0.1) is 5.82 Å². The number of carbonyl (C=O) groups is 1. The Morgan fingerprint density at radius 1 is 1.24 bits per heavy atom. The summed E-state index contributed by atoms with van der Waals surface area (Å²) >= 11 is 1.42. The molecule has 17 heavy (non-hydrogen) atoms. The van der Waals surface area contributed by atoms with Crippen LogP contribution in [0.3, 0.4) is 0 Å². The monoisotopic (exact) mass is 247 g/mol. The fraction of sp³-hybridized carbons (Fsp3) is 0. The summed E-state index contributed by atoms with van der Waals surface area (Å²) in [6.45, 7) is 0. The second-order valence-electron chi connectivity index (χ2n) is 3.37. The molecular weight excluding hydrogens is 239 g/mol. The Balaban J connectivity index is 2.43. The van der Waals surface area contributed by atoms with Crippen LogP contribution in [0.25, 0.3) is 11.6 Å². The fourth-order valence-electron chi connectivity index (χ4n) is 1.41. The lowest BCUT2D eigenvalue weighted by molar-refractivity contribution is -0.295. The Bertz CT molecular complexity index is 541. The van der Waals surface area contributed by atoms with Crippen LogP contribution in [0.5, 0.6) is 0 Å².